The normalized spacial score (nSPS) is 14.8. The molecule has 4 aromatic rings. The first-order valence-corrected chi connectivity index (χ1v) is 11.5. The van der Waals surface area contributed by atoms with Crippen molar-refractivity contribution in [3.8, 4) is 22.8 Å². The summed E-state index contributed by atoms with van der Waals surface area (Å²) in [4.78, 5) is 15.5. The zero-order valence-corrected chi connectivity index (χ0v) is 19.3. The fourth-order valence-electron chi connectivity index (χ4n) is 4.44. The maximum Gasteiger partial charge on any atom is 0.273 e. The molecule has 6 heteroatoms. The minimum absolute atomic E-state index is 0.0645. The van der Waals surface area contributed by atoms with Gasteiger partial charge in [0.1, 0.15) is 17.2 Å². The van der Waals surface area contributed by atoms with Gasteiger partial charge in [-0.1, -0.05) is 61.5 Å². The quantitative estimate of drug-likeness (QED) is 0.376. The molecule has 0 saturated heterocycles. The molecule has 3 aromatic carbocycles. The van der Waals surface area contributed by atoms with E-state index in [0.717, 1.165) is 45.9 Å². The molecule has 1 aliphatic heterocycles. The van der Waals surface area contributed by atoms with Gasteiger partial charge in [0, 0.05) is 17.7 Å². The summed E-state index contributed by atoms with van der Waals surface area (Å²) in [7, 11) is 1.65. The lowest BCUT2D eigenvalue weighted by Gasteiger charge is -2.27. The molecule has 2 heterocycles. The van der Waals surface area contributed by atoms with Crippen LogP contribution in [0.4, 0.5) is 0 Å². The second-order valence-corrected chi connectivity index (χ2v) is 8.33. The number of carbonyl (C=O) groups is 1. The third-order valence-electron chi connectivity index (χ3n) is 6.07. The van der Waals surface area contributed by atoms with Gasteiger partial charge in [-0.05, 0) is 41.8 Å². The number of rotatable bonds is 8. The number of H-pyrrole nitrogens is 1. The molecule has 1 aromatic heterocycles. The lowest BCUT2D eigenvalue weighted by molar-refractivity contribution is 0.0730. The summed E-state index contributed by atoms with van der Waals surface area (Å²) >= 11 is 0. The lowest BCUT2D eigenvalue weighted by Crippen LogP contribution is -2.29. The fraction of sp³-hybridized carbons (Fsp3) is 0.214. The van der Waals surface area contributed by atoms with Crippen LogP contribution in [0.25, 0.3) is 11.3 Å². The summed E-state index contributed by atoms with van der Waals surface area (Å²) in [6.45, 7) is 3.19. The van der Waals surface area contributed by atoms with E-state index in [1.165, 1.54) is 0 Å². The number of aromatic amines is 1. The molecule has 172 valence electrons. The van der Waals surface area contributed by atoms with Gasteiger partial charge in [0.25, 0.3) is 5.91 Å². The van der Waals surface area contributed by atoms with Gasteiger partial charge in [-0.3, -0.25) is 9.89 Å². The number of nitrogens with zero attached hydrogens (tertiary/aromatic N) is 2. The Kier molecular flexibility index (Phi) is 6.04. The van der Waals surface area contributed by atoms with Crippen LogP contribution in [0.5, 0.6) is 11.5 Å². The number of fused-ring (bicyclic) bond motifs is 1. The van der Waals surface area contributed by atoms with Gasteiger partial charge in [0.05, 0.1) is 25.5 Å². The van der Waals surface area contributed by atoms with Crippen molar-refractivity contribution in [1.82, 2.24) is 15.1 Å². The minimum Gasteiger partial charge on any atom is -0.497 e. The van der Waals surface area contributed by atoms with E-state index in [9.17, 15) is 4.79 Å². The first kappa shape index (κ1) is 21.8. The molecule has 0 radical (unpaired) electrons. The molecule has 0 fully saturated rings. The van der Waals surface area contributed by atoms with Crippen LogP contribution in [0.3, 0.4) is 0 Å². The van der Waals surface area contributed by atoms with E-state index in [0.29, 0.717) is 18.8 Å². The van der Waals surface area contributed by atoms with E-state index in [-0.39, 0.29) is 11.9 Å². The van der Waals surface area contributed by atoms with Crippen LogP contribution in [0.1, 0.15) is 46.6 Å². The molecule has 1 atom stereocenters. The number of ether oxygens (including phenoxy) is 2. The van der Waals surface area contributed by atoms with Crippen LogP contribution in [-0.2, 0) is 6.54 Å². The number of nitrogens with one attached hydrogen (secondary N) is 1. The summed E-state index contributed by atoms with van der Waals surface area (Å²) in [5.41, 5.74) is 5.23. The highest BCUT2D eigenvalue weighted by molar-refractivity contribution is 6.00. The molecular weight excluding hydrogens is 426 g/mol. The highest BCUT2D eigenvalue weighted by atomic mass is 16.5. The van der Waals surface area contributed by atoms with Crippen LogP contribution in [-0.4, -0.2) is 34.7 Å². The third kappa shape index (κ3) is 4.03. The van der Waals surface area contributed by atoms with Crippen LogP contribution < -0.4 is 9.47 Å². The number of hydrogen-bond acceptors (Lipinski definition) is 4. The molecule has 1 unspecified atom stereocenters. The highest BCUT2D eigenvalue weighted by Crippen LogP contribution is 2.44. The first-order chi connectivity index (χ1) is 16.7. The van der Waals surface area contributed by atoms with E-state index in [4.69, 9.17) is 9.47 Å². The van der Waals surface area contributed by atoms with Gasteiger partial charge in [-0.15, -0.1) is 0 Å². The average Bonchev–Trinajstić information content (AvgIpc) is 3.43. The van der Waals surface area contributed by atoms with Gasteiger partial charge in [0.15, 0.2) is 0 Å². The predicted molar refractivity (Wildman–Crippen MR) is 131 cm³/mol. The second-order valence-electron chi connectivity index (χ2n) is 8.33. The van der Waals surface area contributed by atoms with E-state index >= 15 is 0 Å². The van der Waals surface area contributed by atoms with Gasteiger partial charge in [0.2, 0.25) is 0 Å². The number of amides is 1. The van der Waals surface area contributed by atoms with Crippen molar-refractivity contribution < 1.29 is 14.3 Å². The number of aromatic nitrogens is 2. The molecule has 1 amide bonds. The zero-order chi connectivity index (χ0) is 23.5. The molecule has 0 spiro atoms. The van der Waals surface area contributed by atoms with Crippen molar-refractivity contribution in [3.05, 3.63) is 101 Å². The van der Waals surface area contributed by atoms with Gasteiger partial charge < -0.3 is 14.4 Å². The molecule has 0 aliphatic carbocycles. The Morgan fingerprint density at radius 3 is 2.50 bits per heavy atom. The van der Waals surface area contributed by atoms with Crippen molar-refractivity contribution in [2.24, 2.45) is 0 Å². The topological polar surface area (TPSA) is 67.5 Å². The molecule has 34 heavy (non-hydrogen) atoms. The summed E-state index contributed by atoms with van der Waals surface area (Å²) < 4.78 is 11.2. The average molecular weight is 454 g/mol. The Balaban J connectivity index is 1.59. The predicted octanol–water partition coefficient (Wildman–Crippen LogP) is 5.62. The first-order valence-electron chi connectivity index (χ1n) is 11.5. The number of methoxy groups -OCH3 is 1. The van der Waals surface area contributed by atoms with Crippen LogP contribution in [0, 0.1) is 0 Å². The van der Waals surface area contributed by atoms with E-state index in [1.54, 1.807) is 7.11 Å². The summed E-state index contributed by atoms with van der Waals surface area (Å²) in [5.74, 6) is 1.52. The maximum absolute atomic E-state index is 13.6. The summed E-state index contributed by atoms with van der Waals surface area (Å²) in [5, 5.41) is 7.57. The molecule has 1 aliphatic rings. The highest BCUT2D eigenvalue weighted by Gasteiger charge is 2.42. The van der Waals surface area contributed by atoms with Crippen molar-refractivity contribution in [2.45, 2.75) is 25.9 Å². The van der Waals surface area contributed by atoms with E-state index in [2.05, 4.69) is 23.2 Å². The van der Waals surface area contributed by atoms with Crippen molar-refractivity contribution in [2.75, 3.05) is 13.7 Å². The second kappa shape index (κ2) is 9.43. The summed E-state index contributed by atoms with van der Waals surface area (Å²) in [6, 6.07) is 25.5. The van der Waals surface area contributed by atoms with Crippen molar-refractivity contribution in [1.29, 1.82) is 0 Å². The van der Waals surface area contributed by atoms with Crippen LogP contribution in [0.15, 0.2) is 78.9 Å². The largest absolute Gasteiger partial charge is 0.497 e. The number of benzene rings is 3. The van der Waals surface area contributed by atoms with Crippen LogP contribution >= 0.6 is 0 Å². The minimum atomic E-state index is -0.288. The Morgan fingerprint density at radius 2 is 1.76 bits per heavy atom. The van der Waals surface area contributed by atoms with Crippen molar-refractivity contribution in [3.63, 3.8) is 0 Å². The zero-order valence-electron chi connectivity index (χ0n) is 19.3. The van der Waals surface area contributed by atoms with Crippen LogP contribution in [0.2, 0.25) is 0 Å². The lowest BCUT2D eigenvalue weighted by atomic mass is 9.95. The Labute approximate surface area is 199 Å². The molecule has 0 bridgehead atoms. The van der Waals surface area contributed by atoms with Crippen molar-refractivity contribution >= 4 is 5.91 Å². The molecular formula is C28H27N3O3. The van der Waals surface area contributed by atoms with Gasteiger partial charge in [-0.2, -0.15) is 5.10 Å². The third-order valence-corrected chi connectivity index (χ3v) is 6.07. The molecule has 1 N–H and O–H groups in total. The van der Waals surface area contributed by atoms with Gasteiger partial charge in [-0.25, -0.2) is 0 Å². The fourth-order valence-corrected chi connectivity index (χ4v) is 4.44. The Hall–Kier alpha value is -4.06. The number of hydrogen-bond donors (Lipinski definition) is 1. The Bertz CT molecular complexity index is 1280. The number of carbonyl (C=O) groups excluding carboxylic acids is 1. The molecule has 5 rings (SSSR count). The monoisotopic (exact) mass is 453 g/mol. The SMILES string of the molecule is CCCOc1cccc(C2c3c(-c4ccccc4)n[nH]c3C(=O)N2Cc2ccc(OC)cc2)c1. The smallest absolute Gasteiger partial charge is 0.273 e. The standard InChI is InChI=1S/C28H27N3O3/c1-3-16-34-23-11-7-10-21(17-23)27-24-25(20-8-5-4-6-9-20)29-30-26(24)28(32)31(27)18-19-12-14-22(33-2)15-13-19/h4-15,17,27H,3,16,18H2,1-2H3,(H,29,30). The van der Waals surface area contributed by atoms with E-state index in [1.807, 2.05) is 77.7 Å². The Morgan fingerprint density at radius 1 is 0.971 bits per heavy atom. The maximum atomic E-state index is 13.6. The summed E-state index contributed by atoms with van der Waals surface area (Å²) in [6.07, 6.45) is 0.930. The molecule has 6 nitrogen and oxygen atoms in total. The van der Waals surface area contributed by atoms with Gasteiger partial charge >= 0.3 is 0 Å². The molecule has 0 saturated carbocycles. The van der Waals surface area contributed by atoms with E-state index < -0.39 is 0 Å².